The van der Waals surface area contributed by atoms with Crippen LogP contribution in [0.1, 0.15) is 23.3 Å². The molecule has 0 saturated carbocycles. The van der Waals surface area contributed by atoms with Crippen LogP contribution >= 0.6 is 11.3 Å². The maximum Gasteiger partial charge on any atom is 0.250 e. The molecule has 0 spiro atoms. The van der Waals surface area contributed by atoms with Gasteiger partial charge < -0.3 is 0 Å². The van der Waals surface area contributed by atoms with Crippen molar-refractivity contribution >= 4 is 21.4 Å². The van der Waals surface area contributed by atoms with Crippen LogP contribution in [0.4, 0.5) is 0 Å². The van der Waals surface area contributed by atoms with Crippen molar-refractivity contribution in [3.05, 3.63) is 52.9 Å². The molecule has 0 aliphatic carbocycles. The molecule has 1 unspecified atom stereocenters. The molecule has 0 amide bonds. The minimum absolute atomic E-state index is 0.0846. The first kappa shape index (κ1) is 14.7. The van der Waals surface area contributed by atoms with E-state index in [1.807, 2.05) is 43.3 Å². The number of benzene rings is 1. The van der Waals surface area contributed by atoms with Crippen LogP contribution in [-0.2, 0) is 10.0 Å². The summed E-state index contributed by atoms with van der Waals surface area (Å²) in [5.74, 6) is 0.0846. The number of nitriles is 1. The molecule has 0 radical (unpaired) electrons. The highest BCUT2D eigenvalue weighted by Gasteiger charge is 2.18. The molecule has 1 heterocycles. The highest BCUT2D eigenvalue weighted by molar-refractivity contribution is 7.91. The van der Waals surface area contributed by atoms with E-state index in [0.717, 1.165) is 16.9 Å². The highest BCUT2D eigenvalue weighted by Crippen LogP contribution is 2.21. The van der Waals surface area contributed by atoms with Crippen LogP contribution in [0.15, 0.2) is 46.7 Å². The summed E-state index contributed by atoms with van der Waals surface area (Å²) in [7, 11) is -3.54. The summed E-state index contributed by atoms with van der Waals surface area (Å²) in [5.41, 5.74) is 1.08. The predicted molar refractivity (Wildman–Crippen MR) is 79.1 cm³/mol. The Hall–Kier alpha value is -1.68. The van der Waals surface area contributed by atoms with E-state index in [4.69, 9.17) is 5.26 Å². The second kappa shape index (κ2) is 6.18. The Bertz CT molecular complexity index is 715. The molecule has 1 aromatic carbocycles. The zero-order chi connectivity index (χ0) is 14.6. The van der Waals surface area contributed by atoms with E-state index >= 15 is 0 Å². The van der Waals surface area contributed by atoms with Gasteiger partial charge in [-0.25, -0.2) is 13.1 Å². The van der Waals surface area contributed by atoms with E-state index < -0.39 is 10.0 Å². The molecule has 0 saturated heterocycles. The van der Waals surface area contributed by atoms with Crippen LogP contribution in [0.25, 0.3) is 0 Å². The zero-order valence-electron chi connectivity index (χ0n) is 10.9. The third-order valence-electron chi connectivity index (χ3n) is 2.90. The Balaban J connectivity index is 2.05. The number of sulfonamides is 1. The first-order valence-electron chi connectivity index (χ1n) is 6.07. The van der Waals surface area contributed by atoms with Crippen molar-refractivity contribution in [1.29, 1.82) is 5.26 Å². The van der Waals surface area contributed by atoms with Crippen molar-refractivity contribution in [2.24, 2.45) is 0 Å². The second-order valence-electron chi connectivity index (χ2n) is 4.39. The van der Waals surface area contributed by atoms with E-state index in [0.29, 0.717) is 11.4 Å². The summed E-state index contributed by atoms with van der Waals surface area (Å²) in [6.07, 6.45) is 0. The molecule has 2 rings (SSSR count). The van der Waals surface area contributed by atoms with Crippen LogP contribution in [0, 0.1) is 11.3 Å². The Morgan fingerprint density at radius 1 is 1.25 bits per heavy atom. The van der Waals surface area contributed by atoms with E-state index in [2.05, 4.69) is 4.72 Å². The van der Waals surface area contributed by atoms with Crippen molar-refractivity contribution in [2.45, 2.75) is 17.1 Å². The average Bonchev–Trinajstić information content (AvgIpc) is 2.95. The minimum Gasteiger partial charge on any atom is -0.210 e. The molecule has 1 N–H and O–H groups in total. The second-order valence-corrected chi connectivity index (χ2v) is 7.47. The summed E-state index contributed by atoms with van der Waals surface area (Å²) >= 11 is 0.976. The van der Waals surface area contributed by atoms with Crippen molar-refractivity contribution in [3.63, 3.8) is 0 Å². The van der Waals surface area contributed by atoms with Crippen molar-refractivity contribution < 1.29 is 8.42 Å². The first-order chi connectivity index (χ1) is 9.53. The Labute approximate surface area is 122 Å². The molecule has 0 fully saturated rings. The fourth-order valence-corrected chi connectivity index (χ4v) is 4.01. The van der Waals surface area contributed by atoms with Crippen molar-refractivity contribution in [2.75, 3.05) is 6.54 Å². The molecule has 0 bridgehead atoms. The summed E-state index contributed by atoms with van der Waals surface area (Å²) in [6, 6.07) is 14.6. The van der Waals surface area contributed by atoms with Gasteiger partial charge in [-0.2, -0.15) is 5.26 Å². The number of nitrogens with zero attached hydrogens (tertiary/aromatic N) is 1. The molecule has 20 heavy (non-hydrogen) atoms. The van der Waals surface area contributed by atoms with Crippen LogP contribution in [0.3, 0.4) is 0 Å². The van der Waals surface area contributed by atoms with Gasteiger partial charge in [0.1, 0.15) is 15.2 Å². The van der Waals surface area contributed by atoms with Crippen LogP contribution < -0.4 is 4.72 Å². The van der Waals surface area contributed by atoms with Gasteiger partial charge in [-0.15, -0.1) is 11.3 Å². The van der Waals surface area contributed by atoms with Gasteiger partial charge in [-0.3, -0.25) is 0 Å². The number of hydrogen-bond donors (Lipinski definition) is 1. The summed E-state index contributed by atoms with van der Waals surface area (Å²) in [4.78, 5) is 0.390. The molecule has 2 aromatic rings. The van der Waals surface area contributed by atoms with Gasteiger partial charge in [0.25, 0.3) is 0 Å². The standard InChI is InChI=1S/C14H14N2O2S2/c1-11(12-5-3-2-4-6-12)10-16-20(17,18)14-8-7-13(9-15)19-14/h2-8,11,16H,10H2,1H3. The van der Waals surface area contributed by atoms with E-state index in [1.165, 1.54) is 12.1 Å². The number of hydrogen-bond acceptors (Lipinski definition) is 4. The first-order valence-corrected chi connectivity index (χ1v) is 8.37. The summed E-state index contributed by atoms with van der Waals surface area (Å²) < 4.78 is 26.9. The van der Waals surface area contributed by atoms with Crippen LogP contribution in [0.5, 0.6) is 0 Å². The van der Waals surface area contributed by atoms with Gasteiger partial charge in [0.15, 0.2) is 0 Å². The number of rotatable bonds is 5. The lowest BCUT2D eigenvalue weighted by Gasteiger charge is -2.12. The lowest BCUT2D eigenvalue weighted by Crippen LogP contribution is -2.27. The molecular formula is C14H14N2O2S2. The van der Waals surface area contributed by atoms with Gasteiger partial charge >= 0.3 is 0 Å². The minimum atomic E-state index is -3.54. The average molecular weight is 306 g/mol. The van der Waals surface area contributed by atoms with Gasteiger partial charge in [0.2, 0.25) is 10.0 Å². The topological polar surface area (TPSA) is 70.0 Å². The maximum atomic E-state index is 12.1. The Kier molecular flexibility index (Phi) is 4.55. The number of nitrogens with one attached hydrogen (secondary N) is 1. The van der Waals surface area contributed by atoms with Gasteiger partial charge in [0, 0.05) is 6.54 Å². The fraction of sp³-hybridized carbons (Fsp3) is 0.214. The molecule has 104 valence electrons. The fourth-order valence-electron chi connectivity index (χ4n) is 1.73. The van der Waals surface area contributed by atoms with Crippen LogP contribution in [0.2, 0.25) is 0 Å². The SMILES string of the molecule is CC(CNS(=O)(=O)c1ccc(C#N)s1)c1ccccc1. The van der Waals surface area contributed by atoms with Crippen molar-refractivity contribution in [3.8, 4) is 6.07 Å². The third-order valence-corrected chi connectivity index (χ3v) is 5.81. The van der Waals surface area contributed by atoms with E-state index in [-0.39, 0.29) is 10.1 Å². The van der Waals surface area contributed by atoms with Crippen LogP contribution in [-0.4, -0.2) is 15.0 Å². The smallest absolute Gasteiger partial charge is 0.210 e. The Morgan fingerprint density at radius 3 is 2.55 bits per heavy atom. The lowest BCUT2D eigenvalue weighted by atomic mass is 10.0. The van der Waals surface area contributed by atoms with E-state index in [9.17, 15) is 8.42 Å². The molecule has 0 aliphatic heterocycles. The molecule has 4 nitrogen and oxygen atoms in total. The van der Waals surface area contributed by atoms with Gasteiger partial charge in [0.05, 0.1) is 0 Å². The summed E-state index contributed by atoms with van der Waals surface area (Å²) in [6.45, 7) is 2.29. The molecular weight excluding hydrogens is 292 g/mol. The third kappa shape index (κ3) is 3.45. The molecule has 0 aliphatic rings. The molecule has 1 aromatic heterocycles. The maximum absolute atomic E-state index is 12.1. The van der Waals surface area contributed by atoms with Gasteiger partial charge in [-0.1, -0.05) is 37.3 Å². The Morgan fingerprint density at radius 2 is 1.95 bits per heavy atom. The highest BCUT2D eigenvalue weighted by atomic mass is 32.2. The summed E-state index contributed by atoms with van der Waals surface area (Å²) in [5, 5.41) is 8.73. The van der Waals surface area contributed by atoms with Crippen molar-refractivity contribution in [1.82, 2.24) is 4.72 Å². The molecule has 1 atom stereocenters. The zero-order valence-corrected chi connectivity index (χ0v) is 12.5. The molecule has 6 heteroatoms. The number of thiophene rings is 1. The monoisotopic (exact) mass is 306 g/mol. The van der Waals surface area contributed by atoms with E-state index in [1.54, 1.807) is 0 Å². The largest absolute Gasteiger partial charge is 0.250 e. The lowest BCUT2D eigenvalue weighted by molar-refractivity contribution is 0.577. The van der Waals surface area contributed by atoms with Gasteiger partial charge in [-0.05, 0) is 23.6 Å². The predicted octanol–water partition coefficient (Wildman–Crippen LogP) is 2.70. The quantitative estimate of drug-likeness (QED) is 0.923. The normalized spacial score (nSPS) is 12.8.